The highest BCUT2D eigenvalue weighted by atomic mass is 16.6. The van der Waals surface area contributed by atoms with Crippen LogP contribution >= 0.6 is 0 Å². The topological polar surface area (TPSA) is 147 Å². The first-order valence-corrected chi connectivity index (χ1v) is 11.0. The zero-order chi connectivity index (χ0) is 26.4. The lowest BCUT2D eigenvalue weighted by Crippen LogP contribution is -2.21. The number of non-ortho nitro benzene ring substituents is 1. The van der Waals surface area contributed by atoms with Crippen LogP contribution in [0.5, 0.6) is 23.0 Å². The second kappa shape index (κ2) is 11.0. The number of benzene rings is 3. The highest BCUT2D eigenvalue weighted by Crippen LogP contribution is 2.44. The molecule has 0 amide bonds. The van der Waals surface area contributed by atoms with E-state index in [9.17, 15) is 20.2 Å². The van der Waals surface area contributed by atoms with Crippen molar-refractivity contribution in [1.29, 1.82) is 5.26 Å². The number of fused-ring (bicyclic) bond motifs is 1. The minimum atomic E-state index is -0.695. The third-order valence-electron chi connectivity index (χ3n) is 5.39. The van der Waals surface area contributed by atoms with Crippen molar-refractivity contribution in [3.8, 4) is 29.1 Å². The van der Waals surface area contributed by atoms with Crippen molar-refractivity contribution in [3.05, 3.63) is 112 Å². The largest absolute Gasteiger partial charge is 0.490 e. The van der Waals surface area contributed by atoms with E-state index in [1.807, 2.05) is 18.2 Å². The smallest absolute Gasteiger partial charge is 0.349 e. The average Bonchev–Trinajstić information content (AvgIpc) is 2.90. The minimum Gasteiger partial charge on any atom is -0.490 e. The third-order valence-corrected chi connectivity index (χ3v) is 5.39. The van der Waals surface area contributed by atoms with Gasteiger partial charge in [0, 0.05) is 23.8 Å². The normalized spacial score (nSPS) is 14.0. The van der Waals surface area contributed by atoms with Gasteiger partial charge < -0.3 is 24.7 Å². The van der Waals surface area contributed by atoms with Gasteiger partial charge in [-0.25, -0.2) is 4.79 Å². The van der Waals surface area contributed by atoms with Gasteiger partial charge in [-0.05, 0) is 35.9 Å². The summed E-state index contributed by atoms with van der Waals surface area (Å²) in [5.41, 5.74) is 7.65. The first kappa shape index (κ1) is 24.8. The predicted octanol–water partition coefficient (Wildman–Crippen LogP) is 4.36. The fourth-order valence-corrected chi connectivity index (χ4v) is 3.75. The second-order valence-electron chi connectivity index (χ2n) is 7.81. The van der Waals surface area contributed by atoms with Gasteiger partial charge in [-0.3, -0.25) is 10.1 Å². The molecule has 1 heterocycles. The average molecular weight is 499 g/mol. The number of nitro groups is 1. The molecule has 1 aliphatic heterocycles. The minimum absolute atomic E-state index is 0.0533. The van der Waals surface area contributed by atoms with Crippen molar-refractivity contribution in [2.24, 2.45) is 5.73 Å². The van der Waals surface area contributed by atoms with E-state index in [1.54, 1.807) is 24.3 Å². The lowest BCUT2D eigenvalue weighted by atomic mass is 9.83. The Bertz CT molecular complexity index is 1420. The van der Waals surface area contributed by atoms with Crippen LogP contribution in [0.25, 0.3) is 0 Å². The third kappa shape index (κ3) is 5.68. The number of nitro benzene ring substituents is 1. The van der Waals surface area contributed by atoms with E-state index in [2.05, 4.69) is 12.6 Å². The number of nitriles is 1. The molecule has 0 spiro atoms. The highest BCUT2D eigenvalue weighted by molar-refractivity contribution is 5.74. The van der Waals surface area contributed by atoms with Gasteiger partial charge in [0.2, 0.25) is 5.88 Å². The summed E-state index contributed by atoms with van der Waals surface area (Å²) in [6, 6.07) is 19.5. The van der Waals surface area contributed by atoms with Crippen molar-refractivity contribution in [3.63, 3.8) is 0 Å². The fourth-order valence-electron chi connectivity index (χ4n) is 3.75. The zero-order valence-electron chi connectivity index (χ0n) is 19.5. The Morgan fingerprint density at radius 3 is 2.57 bits per heavy atom. The number of nitrogens with zero attached hydrogens (tertiary/aromatic N) is 2. The molecule has 0 bridgehead atoms. The number of hydrogen-bond acceptors (Lipinski definition) is 9. The van der Waals surface area contributed by atoms with E-state index in [0.29, 0.717) is 23.7 Å². The van der Waals surface area contributed by atoms with Crippen molar-refractivity contribution >= 4 is 11.7 Å². The first-order valence-electron chi connectivity index (χ1n) is 11.0. The molecule has 2 N–H and O–H groups in total. The quantitative estimate of drug-likeness (QED) is 0.149. The van der Waals surface area contributed by atoms with Crippen molar-refractivity contribution in [2.75, 3.05) is 13.2 Å². The monoisotopic (exact) mass is 499 g/mol. The van der Waals surface area contributed by atoms with Crippen LogP contribution in [0.4, 0.5) is 5.69 Å². The van der Waals surface area contributed by atoms with E-state index >= 15 is 0 Å². The number of carbonyl (C=O) groups is 1. The SMILES string of the molecule is C=CCOc1cccc(C2C(C#N)=C(N)Oc3cc(OC(=O)COc4ccc([N+](=O)[O-])cc4)ccc32)c1. The Morgan fingerprint density at radius 1 is 1.11 bits per heavy atom. The van der Waals surface area contributed by atoms with Crippen LogP contribution in [0.3, 0.4) is 0 Å². The molecule has 10 heteroatoms. The van der Waals surface area contributed by atoms with E-state index < -0.39 is 23.4 Å². The number of esters is 1. The van der Waals surface area contributed by atoms with Gasteiger partial charge in [0.15, 0.2) is 6.61 Å². The molecule has 4 rings (SSSR count). The molecule has 37 heavy (non-hydrogen) atoms. The van der Waals surface area contributed by atoms with E-state index in [1.165, 1.54) is 30.3 Å². The summed E-state index contributed by atoms with van der Waals surface area (Å²) >= 11 is 0. The molecular weight excluding hydrogens is 478 g/mol. The van der Waals surface area contributed by atoms with Crippen LogP contribution in [0.1, 0.15) is 17.0 Å². The molecule has 1 atom stereocenters. The summed E-state index contributed by atoms with van der Waals surface area (Å²) in [4.78, 5) is 22.5. The van der Waals surface area contributed by atoms with E-state index in [4.69, 9.17) is 24.7 Å². The fraction of sp³-hybridized carbons (Fsp3) is 0.111. The van der Waals surface area contributed by atoms with Gasteiger partial charge >= 0.3 is 5.97 Å². The molecule has 0 radical (unpaired) electrons. The van der Waals surface area contributed by atoms with Gasteiger partial charge in [-0.2, -0.15) is 5.26 Å². The Kier molecular flexibility index (Phi) is 7.35. The molecule has 0 saturated carbocycles. The maximum atomic E-state index is 12.3. The highest BCUT2D eigenvalue weighted by Gasteiger charge is 2.31. The van der Waals surface area contributed by atoms with Crippen LogP contribution in [-0.2, 0) is 4.79 Å². The lowest BCUT2D eigenvalue weighted by Gasteiger charge is -2.27. The summed E-state index contributed by atoms with van der Waals surface area (Å²) in [6.45, 7) is 3.56. The maximum Gasteiger partial charge on any atom is 0.349 e. The molecule has 0 aromatic heterocycles. The van der Waals surface area contributed by atoms with E-state index in [0.717, 1.165) is 5.56 Å². The van der Waals surface area contributed by atoms with E-state index in [-0.39, 0.29) is 28.6 Å². The number of allylic oxidation sites excluding steroid dienone is 1. The molecule has 0 aliphatic carbocycles. The lowest BCUT2D eigenvalue weighted by molar-refractivity contribution is -0.384. The molecule has 1 aliphatic rings. The summed E-state index contributed by atoms with van der Waals surface area (Å²) in [6.07, 6.45) is 1.63. The molecule has 10 nitrogen and oxygen atoms in total. The number of ether oxygens (including phenoxy) is 4. The number of carbonyl (C=O) groups excluding carboxylic acids is 1. The van der Waals surface area contributed by atoms with Crippen LogP contribution < -0.4 is 24.7 Å². The summed E-state index contributed by atoms with van der Waals surface area (Å²) < 4.78 is 22.0. The van der Waals surface area contributed by atoms with Gasteiger partial charge in [-0.1, -0.05) is 30.9 Å². The van der Waals surface area contributed by atoms with Crippen LogP contribution in [0.2, 0.25) is 0 Å². The summed E-state index contributed by atoms with van der Waals surface area (Å²) in [5, 5.41) is 20.5. The maximum absolute atomic E-state index is 12.3. The molecule has 0 fully saturated rings. The van der Waals surface area contributed by atoms with Crippen LogP contribution in [-0.4, -0.2) is 24.1 Å². The zero-order valence-corrected chi connectivity index (χ0v) is 19.5. The Labute approximate surface area is 211 Å². The predicted molar refractivity (Wildman–Crippen MR) is 132 cm³/mol. The molecule has 186 valence electrons. The van der Waals surface area contributed by atoms with Gasteiger partial charge in [-0.15, -0.1) is 0 Å². The number of nitrogens with two attached hydrogens (primary N) is 1. The Morgan fingerprint density at radius 2 is 1.86 bits per heavy atom. The number of rotatable bonds is 9. The number of hydrogen-bond donors (Lipinski definition) is 1. The van der Waals surface area contributed by atoms with Gasteiger partial charge in [0.1, 0.15) is 41.2 Å². The van der Waals surface area contributed by atoms with Gasteiger partial charge in [0.25, 0.3) is 5.69 Å². The summed E-state index contributed by atoms with van der Waals surface area (Å²) in [5.74, 6) is 0.143. The van der Waals surface area contributed by atoms with Crippen LogP contribution in [0.15, 0.2) is 90.8 Å². The standard InChI is InChI=1S/C27H21N3O7/c1-2-12-34-20-5-3-4-17(13-20)26-22-11-10-21(14-24(22)37-27(29)23(26)15-28)36-25(31)16-35-19-8-6-18(7-9-19)30(32)33/h2-11,13-14,26H,1,12,16,29H2. The van der Waals surface area contributed by atoms with Gasteiger partial charge in [0.05, 0.1) is 10.8 Å². The van der Waals surface area contributed by atoms with Crippen LogP contribution in [0, 0.1) is 21.4 Å². The first-order chi connectivity index (χ1) is 17.9. The molecule has 3 aromatic rings. The molecular formula is C27H21N3O7. The Hall–Kier alpha value is -5.30. The molecule has 1 unspecified atom stereocenters. The van der Waals surface area contributed by atoms with Crippen molar-refractivity contribution < 1.29 is 28.7 Å². The van der Waals surface area contributed by atoms with Crippen molar-refractivity contribution in [1.82, 2.24) is 0 Å². The summed E-state index contributed by atoms with van der Waals surface area (Å²) in [7, 11) is 0. The van der Waals surface area contributed by atoms with Crippen molar-refractivity contribution in [2.45, 2.75) is 5.92 Å². The molecule has 0 saturated heterocycles. The Balaban J connectivity index is 1.51. The molecule has 3 aromatic carbocycles. The second-order valence-corrected chi connectivity index (χ2v) is 7.81.